The Kier molecular flexibility index (Phi) is 3.41. The van der Waals surface area contributed by atoms with Crippen molar-refractivity contribution in [3.8, 4) is 0 Å². The first-order valence-corrected chi connectivity index (χ1v) is 5.63. The Hall–Kier alpha value is -1.13. The molecule has 1 aromatic rings. The van der Waals surface area contributed by atoms with Crippen molar-refractivity contribution in [1.82, 2.24) is 0 Å². The van der Waals surface area contributed by atoms with Gasteiger partial charge >= 0.3 is 0 Å². The van der Waals surface area contributed by atoms with E-state index < -0.39 is 12.1 Å². The number of halogens is 1. The van der Waals surface area contributed by atoms with E-state index in [9.17, 15) is 10.1 Å². The fourth-order valence-corrected chi connectivity index (χ4v) is 2.30. The van der Waals surface area contributed by atoms with Gasteiger partial charge in [0, 0.05) is 10.8 Å². The van der Waals surface area contributed by atoms with Crippen molar-refractivity contribution in [1.29, 1.82) is 0 Å². The Morgan fingerprint density at radius 1 is 1.44 bits per heavy atom. The molecule has 1 fully saturated rings. The van der Waals surface area contributed by atoms with Gasteiger partial charge in [-0.15, -0.1) is 11.6 Å². The lowest BCUT2D eigenvalue weighted by Crippen LogP contribution is -2.31. The van der Waals surface area contributed by atoms with Crippen molar-refractivity contribution >= 4 is 11.6 Å². The molecule has 0 aliphatic carbocycles. The SMILES string of the molecule is O=[N+]([O-])[C@@H]1[C@@H](CCl)CO[C@@H]1c1ccccc1. The number of nitro groups is 1. The highest BCUT2D eigenvalue weighted by atomic mass is 35.5. The molecule has 1 heterocycles. The molecule has 0 radical (unpaired) electrons. The van der Waals surface area contributed by atoms with Crippen LogP contribution in [-0.4, -0.2) is 23.5 Å². The van der Waals surface area contributed by atoms with Crippen molar-refractivity contribution < 1.29 is 9.66 Å². The van der Waals surface area contributed by atoms with E-state index in [1.165, 1.54) is 0 Å². The molecule has 4 nitrogen and oxygen atoms in total. The van der Waals surface area contributed by atoms with E-state index in [-0.39, 0.29) is 16.7 Å². The number of benzene rings is 1. The van der Waals surface area contributed by atoms with E-state index in [1.54, 1.807) is 0 Å². The average Bonchev–Trinajstić information content (AvgIpc) is 2.73. The van der Waals surface area contributed by atoms with Crippen LogP contribution < -0.4 is 0 Å². The maximum Gasteiger partial charge on any atom is 0.249 e. The minimum absolute atomic E-state index is 0.207. The number of ether oxygens (including phenoxy) is 1. The van der Waals surface area contributed by atoms with E-state index in [1.807, 2.05) is 30.3 Å². The smallest absolute Gasteiger partial charge is 0.249 e. The van der Waals surface area contributed by atoms with Crippen molar-refractivity contribution in [2.45, 2.75) is 12.1 Å². The number of nitrogens with zero attached hydrogens (tertiary/aromatic N) is 1. The van der Waals surface area contributed by atoms with Gasteiger partial charge in [-0.05, 0) is 5.56 Å². The second-order valence-corrected chi connectivity index (χ2v) is 4.16. The highest BCUT2D eigenvalue weighted by Crippen LogP contribution is 2.35. The molecule has 86 valence electrons. The molecular weight excluding hydrogens is 230 g/mol. The molecule has 0 N–H and O–H groups in total. The topological polar surface area (TPSA) is 52.4 Å². The van der Waals surface area contributed by atoms with Crippen LogP contribution >= 0.6 is 11.6 Å². The molecule has 0 bridgehead atoms. The highest BCUT2D eigenvalue weighted by Gasteiger charge is 2.46. The van der Waals surface area contributed by atoms with Crippen LogP contribution in [0, 0.1) is 16.0 Å². The number of rotatable bonds is 3. The minimum atomic E-state index is -0.736. The zero-order chi connectivity index (χ0) is 11.5. The van der Waals surface area contributed by atoms with Gasteiger partial charge in [0.15, 0.2) is 6.10 Å². The van der Waals surface area contributed by atoms with E-state index in [4.69, 9.17) is 16.3 Å². The Labute approximate surface area is 98.3 Å². The standard InChI is InChI=1S/C11H12ClNO3/c12-6-9-7-16-11(10(9)13(14)15)8-4-2-1-3-5-8/h1-5,9-11H,6-7H2/t9-,10+,11+/m0/s1. The quantitative estimate of drug-likeness (QED) is 0.463. The van der Waals surface area contributed by atoms with Crippen LogP contribution in [0.2, 0.25) is 0 Å². The summed E-state index contributed by atoms with van der Waals surface area (Å²) in [6, 6.07) is 8.53. The monoisotopic (exact) mass is 241 g/mol. The summed E-state index contributed by atoms with van der Waals surface area (Å²) in [5.41, 5.74) is 0.844. The highest BCUT2D eigenvalue weighted by molar-refractivity contribution is 6.18. The normalized spacial score (nSPS) is 29.2. The lowest BCUT2D eigenvalue weighted by molar-refractivity contribution is -0.534. The molecule has 0 aromatic heterocycles. The van der Waals surface area contributed by atoms with Crippen LogP contribution in [0.4, 0.5) is 0 Å². The van der Waals surface area contributed by atoms with Crippen LogP contribution in [0.15, 0.2) is 30.3 Å². The summed E-state index contributed by atoms with van der Waals surface area (Å²) in [6.45, 7) is 0.356. The molecule has 1 aliphatic rings. The lowest BCUT2D eigenvalue weighted by Gasteiger charge is -2.14. The van der Waals surface area contributed by atoms with Crippen LogP contribution in [0.25, 0.3) is 0 Å². The summed E-state index contributed by atoms with van der Waals surface area (Å²) < 4.78 is 5.49. The predicted molar refractivity (Wildman–Crippen MR) is 60.1 cm³/mol. The zero-order valence-electron chi connectivity index (χ0n) is 8.58. The maximum atomic E-state index is 11.0. The fourth-order valence-electron chi connectivity index (χ4n) is 2.03. The van der Waals surface area contributed by atoms with Crippen LogP contribution in [0.1, 0.15) is 11.7 Å². The number of hydrogen-bond acceptors (Lipinski definition) is 3. The Balaban J connectivity index is 2.25. The van der Waals surface area contributed by atoms with Crippen LogP contribution in [-0.2, 0) is 4.74 Å². The number of alkyl halides is 1. The van der Waals surface area contributed by atoms with Crippen molar-refractivity contribution in [3.63, 3.8) is 0 Å². The van der Waals surface area contributed by atoms with E-state index in [2.05, 4.69) is 0 Å². The first-order chi connectivity index (χ1) is 7.74. The zero-order valence-corrected chi connectivity index (χ0v) is 9.34. The summed E-state index contributed by atoms with van der Waals surface area (Å²) in [5.74, 6) is 0.0523. The van der Waals surface area contributed by atoms with Gasteiger partial charge < -0.3 is 4.74 Å². The average molecular weight is 242 g/mol. The molecule has 2 rings (SSSR count). The first kappa shape index (κ1) is 11.4. The van der Waals surface area contributed by atoms with Crippen molar-refractivity contribution in [2.75, 3.05) is 12.5 Å². The predicted octanol–water partition coefficient (Wildman–Crippen LogP) is 2.26. The van der Waals surface area contributed by atoms with Crippen LogP contribution in [0.3, 0.4) is 0 Å². The third kappa shape index (κ3) is 2.03. The van der Waals surface area contributed by atoms with Gasteiger partial charge in [-0.1, -0.05) is 30.3 Å². The van der Waals surface area contributed by atoms with Gasteiger partial charge in [0.1, 0.15) is 0 Å². The summed E-state index contributed by atoms with van der Waals surface area (Å²) >= 11 is 5.71. The molecule has 1 aliphatic heterocycles. The molecule has 1 saturated heterocycles. The first-order valence-electron chi connectivity index (χ1n) is 5.10. The van der Waals surface area contributed by atoms with E-state index >= 15 is 0 Å². The second-order valence-electron chi connectivity index (χ2n) is 3.85. The molecule has 0 spiro atoms. The molecule has 3 atom stereocenters. The van der Waals surface area contributed by atoms with Gasteiger partial charge in [-0.2, -0.15) is 0 Å². The molecule has 0 amide bonds. The summed E-state index contributed by atoms with van der Waals surface area (Å²) in [4.78, 5) is 10.7. The summed E-state index contributed by atoms with van der Waals surface area (Å²) in [6.07, 6.45) is -0.472. The maximum absolute atomic E-state index is 11.0. The molecule has 0 saturated carbocycles. The molecule has 1 aromatic carbocycles. The molecule has 0 unspecified atom stereocenters. The third-order valence-corrected chi connectivity index (χ3v) is 3.25. The van der Waals surface area contributed by atoms with Gasteiger partial charge in [0.25, 0.3) is 0 Å². The molecule has 16 heavy (non-hydrogen) atoms. The Bertz CT molecular complexity index is 371. The van der Waals surface area contributed by atoms with E-state index in [0.717, 1.165) is 5.56 Å². The Morgan fingerprint density at radius 2 is 2.12 bits per heavy atom. The van der Waals surface area contributed by atoms with Crippen molar-refractivity contribution in [2.24, 2.45) is 5.92 Å². The summed E-state index contributed by atoms with van der Waals surface area (Å²) in [7, 11) is 0. The number of hydrogen-bond donors (Lipinski definition) is 0. The largest absolute Gasteiger partial charge is 0.366 e. The van der Waals surface area contributed by atoms with Gasteiger partial charge in [-0.3, -0.25) is 10.1 Å². The van der Waals surface area contributed by atoms with Gasteiger partial charge in [-0.25, -0.2) is 0 Å². The van der Waals surface area contributed by atoms with Crippen molar-refractivity contribution in [3.05, 3.63) is 46.0 Å². The third-order valence-electron chi connectivity index (χ3n) is 2.85. The Morgan fingerprint density at radius 3 is 2.69 bits per heavy atom. The lowest BCUT2D eigenvalue weighted by atomic mass is 9.96. The fraction of sp³-hybridized carbons (Fsp3) is 0.455. The van der Waals surface area contributed by atoms with Gasteiger partial charge in [0.05, 0.1) is 12.5 Å². The molecule has 5 heteroatoms. The van der Waals surface area contributed by atoms with Gasteiger partial charge in [0.2, 0.25) is 6.04 Å². The summed E-state index contributed by atoms with van der Waals surface area (Å²) in [5, 5.41) is 11.0. The minimum Gasteiger partial charge on any atom is -0.366 e. The van der Waals surface area contributed by atoms with E-state index in [0.29, 0.717) is 6.61 Å². The van der Waals surface area contributed by atoms with Crippen LogP contribution in [0.5, 0.6) is 0 Å². The molecular formula is C11H12ClNO3. The second kappa shape index (κ2) is 4.80.